The molecule has 0 radical (unpaired) electrons. The molecule has 3 rings (SSSR count). The van der Waals surface area contributed by atoms with E-state index in [2.05, 4.69) is 10.0 Å². The van der Waals surface area contributed by atoms with Crippen LogP contribution in [0.15, 0.2) is 83.8 Å². The van der Waals surface area contributed by atoms with Crippen molar-refractivity contribution in [1.82, 2.24) is 10.0 Å². The Kier molecular flexibility index (Phi) is 7.14. The van der Waals surface area contributed by atoms with E-state index in [4.69, 9.17) is 0 Å². The summed E-state index contributed by atoms with van der Waals surface area (Å²) >= 11 is 0. The molecule has 0 saturated carbocycles. The molecule has 0 heterocycles. The Labute approximate surface area is 180 Å². The number of amides is 1. The van der Waals surface area contributed by atoms with Crippen LogP contribution in [0.5, 0.6) is 0 Å². The zero-order valence-corrected chi connectivity index (χ0v) is 17.6. The maximum Gasteiger partial charge on any atom is 0.244 e. The summed E-state index contributed by atoms with van der Waals surface area (Å²) in [5.41, 5.74) is 1.39. The molecule has 2 N–H and O–H groups in total. The first-order chi connectivity index (χ1) is 14.8. The van der Waals surface area contributed by atoms with Gasteiger partial charge in [0, 0.05) is 0 Å². The van der Waals surface area contributed by atoms with Gasteiger partial charge in [0.2, 0.25) is 15.9 Å². The fourth-order valence-electron chi connectivity index (χ4n) is 3.10. The lowest BCUT2D eigenvalue weighted by Gasteiger charge is -2.22. The predicted octanol–water partition coefficient (Wildman–Crippen LogP) is 3.73. The fraction of sp³-hybridized carbons (Fsp3) is 0.174. The Hall–Kier alpha value is -3.10. The van der Waals surface area contributed by atoms with Crippen LogP contribution in [0.1, 0.15) is 24.1 Å². The Morgan fingerprint density at radius 2 is 1.52 bits per heavy atom. The van der Waals surface area contributed by atoms with Gasteiger partial charge in [0.1, 0.15) is 22.6 Å². The molecule has 5 nitrogen and oxygen atoms in total. The van der Waals surface area contributed by atoms with E-state index in [-0.39, 0.29) is 6.42 Å². The standard InChI is InChI=1S/C23H22F2N2O3S/c1-16(18-11-13-19(24)14-12-18)26-23(28)21(15-17-7-3-2-4-8-17)27-31(29,30)22-10-6-5-9-20(22)25/h2-14,16,21,27H,15H2,1H3,(H,26,28)/t16-,21+/m1/s1. The SMILES string of the molecule is C[C@@H](NC(=O)[C@H](Cc1ccccc1)NS(=O)(=O)c1ccccc1F)c1ccc(F)cc1. The minimum atomic E-state index is -4.30. The van der Waals surface area contributed by atoms with Crippen molar-refractivity contribution in [2.45, 2.75) is 30.3 Å². The van der Waals surface area contributed by atoms with Gasteiger partial charge in [-0.2, -0.15) is 4.72 Å². The van der Waals surface area contributed by atoms with E-state index in [1.54, 1.807) is 37.3 Å². The van der Waals surface area contributed by atoms with Crippen LogP contribution in [-0.2, 0) is 21.2 Å². The summed E-state index contributed by atoms with van der Waals surface area (Å²) in [6.45, 7) is 1.70. The molecule has 0 spiro atoms. The normalized spacial score (nSPS) is 13.4. The molecular weight excluding hydrogens is 422 g/mol. The lowest BCUT2D eigenvalue weighted by Crippen LogP contribution is -2.48. The van der Waals surface area contributed by atoms with E-state index in [1.165, 1.54) is 36.4 Å². The molecule has 162 valence electrons. The minimum absolute atomic E-state index is 0.0660. The molecule has 8 heteroatoms. The fourth-order valence-corrected chi connectivity index (χ4v) is 4.37. The zero-order valence-electron chi connectivity index (χ0n) is 16.8. The van der Waals surface area contributed by atoms with Gasteiger partial charge in [-0.1, -0.05) is 54.6 Å². The zero-order chi connectivity index (χ0) is 22.4. The monoisotopic (exact) mass is 444 g/mol. The number of sulfonamides is 1. The van der Waals surface area contributed by atoms with Crippen LogP contribution in [0.4, 0.5) is 8.78 Å². The summed E-state index contributed by atoms with van der Waals surface area (Å²) in [5, 5.41) is 2.74. The minimum Gasteiger partial charge on any atom is -0.348 e. The van der Waals surface area contributed by atoms with Crippen molar-refractivity contribution in [3.05, 3.63) is 102 Å². The van der Waals surface area contributed by atoms with Crippen LogP contribution in [0, 0.1) is 11.6 Å². The van der Waals surface area contributed by atoms with Crippen molar-refractivity contribution >= 4 is 15.9 Å². The van der Waals surface area contributed by atoms with Crippen molar-refractivity contribution in [2.24, 2.45) is 0 Å². The maximum absolute atomic E-state index is 14.1. The lowest BCUT2D eigenvalue weighted by molar-refractivity contribution is -0.123. The molecule has 0 saturated heterocycles. The summed E-state index contributed by atoms with van der Waals surface area (Å²) < 4.78 is 55.1. The van der Waals surface area contributed by atoms with Gasteiger partial charge in [-0.05, 0) is 48.7 Å². The number of rotatable bonds is 8. The summed E-state index contributed by atoms with van der Waals surface area (Å²) in [4.78, 5) is 12.5. The second-order valence-corrected chi connectivity index (χ2v) is 8.76. The van der Waals surface area contributed by atoms with E-state index in [0.717, 1.165) is 17.7 Å². The van der Waals surface area contributed by atoms with Crippen molar-refractivity contribution in [2.75, 3.05) is 0 Å². The summed E-state index contributed by atoms with van der Waals surface area (Å²) in [5.74, 6) is -1.89. The number of halogens is 2. The number of hydrogen-bond donors (Lipinski definition) is 2. The number of hydrogen-bond acceptors (Lipinski definition) is 3. The molecule has 1 amide bonds. The van der Waals surface area contributed by atoms with Gasteiger partial charge in [-0.25, -0.2) is 17.2 Å². The number of benzene rings is 3. The van der Waals surface area contributed by atoms with Crippen molar-refractivity contribution < 1.29 is 22.0 Å². The lowest BCUT2D eigenvalue weighted by atomic mass is 10.0. The molecule has 0 unspecified atom stereocenters. The van der Waals surface area contributed by atoms with Crippen molar-refractivity contribution in [3.8, 4) is 0 Å². The van der Waals surface area contributed by atoms with Crippen LogP contribution in [0.25, 0.3) is 0 Å². The van der Waals surface area contributed by atoms with E-state index in [1.807, 2.05) is 0 Å². The molecule has 0 aliphatic rings. The first-order valence-electron chi connectivity index (χ1n) is 9.63. The second kappa shape index (κ2) is 9.80. The molecule has 3 aromatic carbocycles. The molecule has 0 aromatic heterocycles. The third-order valence-corrected chi connectivity index (χ3v) is 6.26. The molecule has 0 aliphatic carbocycles. The quantitative estimate of drug-likeness (QED) is 0.556. The highest BCUT2D eigenvalue weighted by atomic mass is 32.2. The molecule has 0 fully saturated rings. The van der Waals surface area contributed by atoms with Crippen molar-refractivity contribution in [3.63, 3.8) is 0 Å². The van der Waals surface area contributed by atoms with Gasteiger partial charge in [0.15, 0.2) is 0 Å². The highest BCUT2D eigenvalue weighted by Crippen LogP contribution is 2.17. The predicted molar refractivity (Wildman–Crippen MR) is 114 cm³/mol. The summed E-state index contributed by atoms with van der Waals surface area (Å²) in [6, 6.07) is 17.8. The highest BCUT2D eigenvalue weighted by Gasteiger charge is 2.28. The van der Waals surface area contributed by atoms with Gasteiger partial charge in [-0.3, -0.25) is 4.79 Å². The smallest absolute Gasteiger partial charge is 0.244 e. The second-order valence-electron chi connectivity index (χ2n) is 7.08. The van der Waals surface area contributed by atoms with Gasteiger partial charge < -0.3 is 5.32 Å². The Balaban J connectivity index is 1.84. The summed E-state index contributed by atoms with van der Waals surface area (Å²) in [7, 11) is -4.30. The largest absolute Gasteiger partial charge is 0.348 e. The number of carbonyl (C=O) groups excluding carboxylic acids is 1. The molecule has 0 bridgehead atoms. The average molecular weight is 445 g/mol. The summed E-state index contributed by atoms with van der Waals surface area (Å²) in [6.07, 6.45) is 0.0660. The molecule has 0 aliphatic heterocycles. The van der Waals surface area contributed by atoms with Crippen LogP contribution in [-0.4, -0.2) is 20.4 Å². The van der Waals surface area contributed by atoms with E-state index >= 15 is 0 Å². The molecule has 31 heavy (non-hydrogen) atoms. The Morgan fingerprint density at radius 3 is 2.16 bits per heavy atom. The maximum atomic E-state index is 14.1. The van der Waals surface area contributed by atoms with Gasteiger partial charge in [0.05, 0.1) is 6.04 Å². The van der Waals surface area contributed by atoms with Crippen LogP contribution >= 0.6 is 0 Å². The van der Waals surface area contributed by atoms with Crippen LogP contribution in [0.2, 0.25) is 0 Å². The number of carbonyl (C=O) groups is 1. The molecular formula is C23H22F2N2O3S. The molecule has 2 atom stereocenters. The average Bonchev–Trinajstić information content (AvgIpc) is 2.74. The Morgan fingerprint density at radius 1 is 0.903 bits per heavy atom. The number of nitrogens with one attached hydrogen (secondary N) is 2. The van der Waals surface area contributed by atoms with E-state index < -0.39 is 44.5 Å². The third kappa shape index (κ3) is 5.96. The van der Waals surface area contributed by atoms with Crippen LogP contribution in [0.3, 0.4) is 0 Å². The van der Waals surface area contributed by atoms with E-state index in [9.17, 15) is 22.0 Å². The highest BCUT2D eigenvalue weighted by molar-refractivity contribution is 7.89. The van der Waals surface area contributed by atoms with Gasteiger partial charge in [-0.15, -0.1) is 0 Å². The van der Waals surface area contributed by atoms with Gasteiger partial charge >= 0.3 is 0 Å². The first kappa shape index (κ1) is 22.6. The molecule has 3 aromatic rings. The Bertz CT molecular complexity index is 1140. The first-order valence-corrected chi connectivity index (χ1v) is 11.1. The van der Waals surface area contributed by atoms with Crippen molar-refractivity contribution in [1.29, 1.82) is 0 Å². The van der Waals surface area contributed by atoms with Crippen LogP contribution < -0.4 is 10.0 Å². The van der Waals surface area contributed by atoms with Gasteiger partial charge in [0.25, 0.3) is 0 Å². The topological polar surface area (TPSA) is 75.3 Å². The van der Waals surface area contributed by atoms with E-state index in [0.29, 0.717) is 5.56 Å². The third-order valence-electron chi connectivity index (χ3n) is 4.75.